The highest BCUT2D eigenvalue weighted by molar-refractivity contribution is 5.93. The molecular formula is C20H28N4O2. The molecule has 1 amide bonds. The molecule has 2 aromatic rings. The van der Waals surface area contributed by atoms with Crippen LogP contribution in [-0.2, 0) is 11.8 Å². The minimum atomic E-state index is 0.0356. The van der Waals surface area contributed by atoms with E-state index < -0.39 is 0 Å². The summed E-state index contributed by atoms with van der Waals surface area (Å²) in [5, 5.41) is 7.29. The molecule has 2 fully saturated rings. The Hall–Kier alpha value is -2.08. The second-order valence-electron chi connectivity index (χ2n) is 7.66. The first-order valence-corrected chi connectivity index (χ1v) is 9.77. The Kier molecular flexibility index (Phi) is 4.85. The number of hydrogen-bond donors (Lipinski definition) is 1. The molecule has 0 unspecified atom stereocenters. The average Bonchev–Trinajstić information content (AvgIpc) is 3.24. The van der Waals surface area contributed by atoms with E-state index in [4.69, 9.17) is 4.74 Å². The van der Waals surface area contributed by atoms with Gasteiger partial charge in [-0.2, -0.15) is 5.10 Å². The number of morpholine rings is 1. The van der Waals surface area contributed by atoms with Crippen LogP contribution in [0.4, 0.5) is 0 Å². The van der Waals surface area contributed by atoms with Gasteiger partial charge in [0.2, 0.25) is 0 Å². The first-order valence-electron chi connectivity index (χ1n) is 9.77. The number of ether oxygens (including phenoxy) is 1. The zero-order chi connectivity index (χ0) is 18.1. The Morgan fingerprint density at radius 1 is 1.38 bits per heavy atom. The van der Waals surface area contributed by atoms with Crippen molar-refractivity contribution in [1.29, 1.82) is 0 Å². The van der Waals surface area contributed by atoms with Gasteiger partial charge in [0.1, 0.15) is 11.4 Å². The fourth-order valence-electron chi connectivity index (χ4n) is 3.82. The predicted molar refractivity (Wildman–Crippen MR) is 99.8 cm³/mol. The van der Waals surface area contributed by atoms with Gasteiger partial charge in [-0.15, -0.1) is 0 Å². The van der Waals surface area contributed by atoms with E-state index in [1.54, 1.807) is 0 Å². The molecule has 0 spiro atoms. The quantitative estimate of drug-likeness (QED) is 0.864. The van der Waals surface area contributed by atoms with Crippen LogP contribution in [0.2, 0.25) is 0 Å². The molecule has 1 aliphatic carbocycles. The van der Waals surface area contributed by atoms with Gasteiger partial charge in [0, 0.05) is 26.3 Å². The molecule has 2 aliphatic rings. The van der Waals surface area contributed by atoms with Crippen molar-refractivity contribution in [2.75, 3.05) is 13.1 Å². The van der Waals surface area contributed by atoms with Gasteiger partial charge < -0.3 is 14.2 Å². The summed E-state index contributed by atoms with van der Waals surface area (Å²) >= 11 is 0. The van der Waals surface area contributed by atoms with Crippen LogP contribution in [0.5, 0.6) is 0 Å². The summed E-state index contributed by atoms with van der Waals surface area (Å²) in [7, 11) is 1.98. The maximum absolute atomic E-state index is 13.1. The molecule has 0 bridgehead atoms. The number of carbonyl (C=O) groups excluding carboxylic acids is 1. The van der Waals surface area contributed by atoms with Crippen LogP contribution in [0, 0.1) is 5.92 Å². The first-order chi connectivity index (χ1) is 12.7. The smallest absolute Gasteiger partial charge is 0.272 e. The third kappa shape index (κ3) is 3.56. The highest BCUT2D eigenvalue weighted by atomic mass is 16.5. The summed E-state index contributed by atoms with van der Waals surface area (Å²) < 4.78 is 8.29. The molecule has 1 N–H and O–H groups in total. The van der Waals surface area contributed by atoms with E-state index in [1.165, 1.54) is 12.8 Å². The molecule has 1 saturated heterocycles. The molecule has 6 nitrogen and oxygen atoms in total. The van der Waals surface area contributed by atoms with E-state index in [2.05, 4.69) is 17.1 Å². The number of rotatable bonds is 6. The summed E-state index contributed by atoms with van der Waals surface area (Å²) in [5.74, 6) is 0.670. The van der Waals surface area contributed by atoms with Gasteiger partial charge in [-0.05, 0) is 43.4 Å². The maximum Gasteiger partial charge on any atom is 0.272 e. The summed E-state index contributed by atoms with van der Waals surface area (Å²) in [4.78, 5) is 15.0. The standard InChI is InChI=1S/C20H28N4O2/c1-3-4-6-15-12-24(13-19(26-15)14-8-9-14)20(25)17-11-16(21-22-17)18-7-5-10-23(18)2/h5,7,10-11,14-15,19H,3-4,6,8-9,12-13H2,1-2H3,(H,21,22)/t15-,19-/m1/s1. The normalized spacial score (nSPS) is 23.4. The zero-order valence-electron chi connectivity index (χ0n) is 15.6. The molecule has 2 atom stereocenters. The topological polar surface area (TPSA) is 63.2 Å². The number of aromatic nitrogens is 3. The van der Waals surface area contributed by atoms with Crippen molar-refractivity contribution in [2.24, 2.45) is 13.0 Å². The van der Waals surface area contributed by atoms with Gasteiger partial charge >= 0.3 is 0 Å². The summed E-state index contributed by atoms with van der Waals surface area (Å²) in [5.41, 5.74) is 2.36. The molecule has 140 valence electrons. The van der Waals surface area contributed by atoms with Gasteiger partial charge in [-0.1, -0.05) is 19.8 Å². The monoisotopic (exact) mass is 356 g/mol. The van der Waals surface area contributed by atoms with Crippen molar-refractivity contribution in [3.63, 3.8) is 0 Å². The van der Waals surface area contributed by atoms with Gasteiger partial charge in [0.25, 0.3) is 5.91 Å². The molecular weight excluding hydrogens is 328 g/mol. The van der Waals surface area contributed by atoms with Gasteiger partial charge in [-0.3, -0.25) is 9.89 Å². The summed E-state index contributed by atoms with van der Waals surface area (Å²) in [6, 6.07) is 5.84. The zero-order valence-corrected chi connectivity index (χ0v) is 15.6. The minimum Gasteiger partial charge on any atom is -0.371 e. The van der Waals surface area contributed by atoms with Crippen molar-refractivity contribution in [1.82, 2.24) is 19.7 Å². The Bertz CT molecular complexity index is 761. The van der Waals surface area contributed by atoms with Crippen molar-refractivity contribution in [2.45, 2.75) is 51.2 Å². The molecule has 0 aromatic carbocycles. The van der Waals surface area contributed by atoms with E-state index in [0.29, 0.717) is 24.7 Å². The summed E-state index contributed by atoms with van der Waals surface area (Å²) in [6.07, 6.45) is 8.13. The fraction of sp³-hybridized carbons (Fsp3) is 0.600. The number of aryl methyl sites for hydroxylation is 1. The molecule has 3 heterocycles. The Balaban J connectivity index is 1.49. The van der Waals surface area contributed by atoms with E-state index in [0.717, 1.165) is 30.7 Å². The third-order valence-corrected chi connectivity index (χ3v) is 5.52. The largest absolute Gasteiger partial charge is 0.371 e. The Morgan fingerprint density at radius 2 is 2.23 bits per heavy atom. The van der Waals surface area contributed by atoms with Crippen molar-refractivity contribution in [3.8, 4) is 11.4 Å². The number of H-pyrrole nitrogens is 1. The minimum absolute atomic E-state index is 0.0356. The second kappa shape index (κ2) is 7.27. The fourth-order valence-corrected chi connectivity index (χ4v) is 3.82. The average molecular weight is 356 g/mol. The molecule has 1 saturated carbocycles. The summed E-state index contributed by atoms with van der Waals surface area (Å²) in [6.45, 7) is 3.57. The van der Waals surface area contributed by atoms with Crippen LogP contribution in [0.1, 0.15) is 49.5 Å². The SMILES string of the molecule is CCCC[C@@H]1CN(C(=O)c2cc(-c3cccn3C)n[nH]2)C[C@H](C2CC2)O1. The number of hydrogen-bond acceptors (Lipinski definition) is 3. The van der Waals surface area contributed by atoms with Crippen LogP contribution in [0.3, 0.4) is 0 Å². The molecule has 1 aliphatic heterocycles. The van der Waals surface area contributed by atoms with Gasteiger partial charge in [0.05, 0.1) is 17.9 Å². The molecule has 6 heteroatoms. The third-order valence-electron chi connectivity index (χ3n) is 5.52. The van der Waals surface area contributed by atoms with E-state index in [1.807, 2.05) is 40.9 Å². The van der Waals surface area contributed by atoms with Crippen molar-refractivity contribution >= 4 is 5.91 Å². The van der Waals surface area contributed by atoms with Crippen LogP contribution < -0.4 is 0 Å². The highest BCUT2D eigenvalue weighted by Gasteiger charge is 2.39. The molecule has 26 heavy (non-hydrogen) atoms. The number of amides is 1. The van der Waals surface area contributed by atoms with Crippen molar-refractivity contribution in [3.05, 3.63) is 30.1 Å². The van der Waals surface area contributed by atoms with Crippen LogP contribution in [0.15, 0.2) is 24.4 Å². The van der Waals surface area contributed by atoms with Crippen LogP contribution >= 0.6 is 0 Å². The molecule has 0 radical (unpaired) electrons. The lowest BCUT2D eigenvalue weighted by molar-refractivity contribution is -0.0875. The Labute approximate surface area is 154 Å². The van der Waals surface area contributed by atoms with E-state index >= 15 is 0 Å². The molecule has 2 aromatic heterocycles. The number of aromatic amines is 1. The predicted octanol–water partition coefficient (Wildman–Crippen LogP) is 3.23. The van der Waals surface area contributed by atoms with Crippen LogP contribution in [0.25, 0.3) is 11.4 Å². The first kappa shape index (κ1) is 17.3. The second-order valence-corrected chi connectivity index (χ2v) is 7.66. The van der Waals surface area contributed by atoms with Gasteiger partial charge in [0.15, 0.2) is 0 Å². The van der Waals surface area contributed by atoms with Crippen molar-refractivity contribution < 1.29 is 9.53 Å². The number of nitrogens with zero attached hydrogens (tertiary/aromatic N) is 3. The lowest BCUT2D eigenvalue weighted by Gasteiger charge is -2.38. The number of unbranched alkanes of at least 4 members (excludes halogenated alkanes) is 1. The Morgan fingerprint density at radius 3 is 2.92 bits per heavy atom. The highest BCUT2D eigenvalue weighted by Crippen LogP contribution is 2.37. The number of nitrogens with one attached hydrogen (secondary N) is 1. The maximum atomic E-state index is 13.1. The van der Waals surface area contributed by atoms with Gasteiger partial charge in [-0.25, -0.2) is 0 Å². The lowest BCUT2D eigenvalue weighted by atomic mass is 10.1. The van der Waals surface area contributed by atoms with E-state index in [-0.39, 0.29) is 18.1 Å². The lowest BCUT2D eigenvalue weighted by Crippen LogP contribution is -2.50. The van der Waals surface area contributed by atoms with E-state index in [9.17, 15) is 4.79 Å². The van der Waals surface area contributed by atoms with Crippen LogP contribution in [-0.4, -0.2) is 50.9 Å². The molecule has 4 rings (SSSR count). The number of carbonyl (C=O) groups is 1.